The fourth-order valence-corrected chi connectivity index (χ4v) is 3.23. The predicted molar refractivity (Wildman–Crippen MR) is 98.6 cm³/mol. The zero-order valence-electron chi connectivity index (χ0n) is 13.7. The van der Waals surface area contributed by atoms with Gasteiger partial charge >= 0.3 is 0 Å². The summed E-state index contributed by atoms with van der Waals surface area (Å²) >= 11 is 0. The standard InChI is InChI=1S/C21H16N2O2/c1-12-5-4-6-13(11-12)23-17-10-9-16(22)18-19(17)21(25)15-8-3-2-7-14(15)20(18)24/h2-11,23H,22H2,1H3. The van der Waals surface area contributed by atoms with E-state index in [-0.39, 0.29) is 17.1 Å². The van der Waals surface area contributed by atoms with Crippen molar-refractivity contribution in [2.75, 3.05) is 11.1 Å². The number of carbonyl (C=O) groups excluding carboxylic acids is 2. The van der Waals surface area contributed by atoms with Crippen molar-refractivity contribution in [1.29, 1.82) is 0 Å². The Kier molecular flexibility index (Phi) is 3.39. The molecule has 0 aliphatic heterocycles. The van der Waals surface area contributed by atoms with Crippen LogP contribution in [0.4, 0.5) is 17.1 Å². The van der Waals surface area contributed by atoms with Crippen molar-refractivity contribution in [3.05, 3.63) is 88.5 Å². The number of nitrogen functional groups attached to an aromatic ring is 1. The van der Waals surface area contributed by atoms with E-state index in [0.29, 0.717) is 28.1 Å². The maximum atomic E-state index is 13.0. The molecule has 0 bridgehead atoms. The minimum Gasteiger partial charge on any atom is -0.398 e. The predicted octanol–water partition coefficient (Wildman–Crippen LogP) is 4.10. The van der Waals surface area contributed by atoms with Gasteiger partial charge in [0.05, 0.1) is 16.8 Å². The average molecular weight is 328 g/mol. The van der Waals surface area contributed by atoms with Gasteiger partial charge in [0.2, 0.25) is 0 Å². The highest BCUT2D eigenvalue weighted by atomic mass is 16.1. The number of benzene rings is 3. The molecule has 1 aliphatic rings. The first-order valence-corrected chi connectivity index (χ1v) is 8.01. The van der Waals surface area contributed by atoms with Crippen molar-refractivity contribution in [1.82, 2.24) is 0 Å². The van der Waals surface area contributed by atoms with Gasteiger partial charge in [0.15, 0.2) is 11.6 Å². The van der Waals surface area contributed by atoms with E-state index in [9.17, 15) is 9.59 Å². The number of rotatable bonds is 2. The van der Waals surface area contributed by atoms with E-state index in [2.05, 4.69) is 5.32 Å². The normalized spacial score (nSPS) is 12.5. The molecule has 0 amide bonds. The van der Waals surface area contributed by atoms with Crippen LogP contribution in [0.3, 0.4) is 0 Å². The summed E-state index contributed by atoms with van der Waals surface area (Å²) < 4.78 is 0. The van der Waals surface area contributed by atoms with Gasteiger partial charge < -0.3 is 11.1 Å². The van der Waals surface area contributed by atoms with Crippen molar-refractivity contribution in [3.8, 4) is 0 Å². The zero-order chi connectivity index (χ0) is 17.6. The smallest absolute Gasteiger partial charge is 0.196 e. The van der Waals surface area contributed by atoms with E-state index in [1.807, 2.05) is 31.2 Å². The topological polar surface area (TPSA) is 72.2 Å². The van der Waals surface area contributed by atoms with Gasteiger partial charge in [-0.1, -0.05) is 36.4 Å². The second kappa shape index (κ2) is 5.60. The van der Waals surface area contributed by atoms with Crippen molar-refractivity contribution in [2.24, 2.45) is 0 Å². The Balaban J connectivity index is 1.90. The number of hydrogen-bond donors (Lipinski definition) is 2. The third-order valence-electron chi connectivity index (χ3n) is 4.41. The minimum absolute atomic E-state index is 0.187. The maximum Gasteiger partial charge on any atom is 0.196 e. The van der Waals surface area contributed by atoms with E-state index in [4.69, 9.17) is 5.73 Å². The van der Waals surface area contributed by atoms with Gasteiger partial charge in [0, 0.05) is 22.5 Å². The molecule has 0 spiro atoms. The van der Waals surface area contributed by atoms with E-state index in [1.54, 1.807) is 36.4 Å². The van der Waals surface area contributed by atoms with Crippen LogP contribution in [0.15, 0.2) is 60.7 Å². The number of fused-ring (bicyclic) bond motifs is 2. The molecule has 122 valence electrons. The molecular weight excluding hydrogens is 312 g/mol. The van der Waals surface area contributed by atoms with E-state index >= 15 is 0 Å². The van der Waals surface area contributed by atoms with Gasteiger partial charge in [-0.3, -0.25) is 9.59 Å². The van der Waals surface area contributed by atoms with Gasteiger partial charge in [0.25, 0.3) is 0 Å². The Morgan fingerprint density at radius 1 is 0.800 bits per heavy atom. The Hall–Kier alpha value is -3.40. The summed E-state index contributed by atoms with van der Waals surface area (Å²) in [6, 6.07) is 18.1. The Morgan fingerprint density at radius 2 is 1.48 bits per heavy atom. The molecule has 0 heterocycles. The molecule has 1 aliphatic carbocycles. The van der Waals surface area contributed by atoms with Crippen LogP contribution in [0, 0.1) is 6.92 Å². The van der Waals surface area contributed by atoms with Gasteiger partial charge in [-0.2, -0.15) is 0 Å². The van der Waals surface area contributed by atoms with Crippen LogP contribution in [0.5, 0.6) is 0 Å². The van der Waals surface area contributed by atoms with Crippen molar-refractivity contribution < 1.29 is 9.59 Å². The Bertz CT molecular complexity index is 1040. The van der Waals surface area contributed by atoms with Crippen LogP contribution >= 0.6 is 0 Å². The fraction of sp³-hybridized carbons (Fsp3) is 0.0476. The molecule has 3 aromatic carbocycles. The second-order valence-corrected chi connectivity index (χ2v) is 6.15. The van der Waals surface area contributed by atoms with Crippen LogP contribution < -0.4 is 11.1 Å². The first-order valence-electron chi connectivity index (χ1n) is 8.01. The third kappa shape index (κ3) is 2.39. The molecule has 25 heavy (non-hydrogen) atoms. The lowest BCUT2D eigenvalue weighted by Gasteiger charge is -2.22. The van der Waals surface area contributed by atoms with Gasteiger partial charge in [-0.15, -0.1) is 0 Å². The lowest BCUT2D eigenvalue weighted by atomic mass is 9.82. The quantitative estimate of drug-likeness (QED) is 0.544. The Morgan fingerprint density at radius 3 is 2.16 bits per heavy atom. The number of ketones is 2. The van der Waals surface area contributed by atoms with Gasteiger partial charge in [-0.05, 0) is 36.8 Å². The lowest BCUT2D eigenvalue weighted by Crippen LogP contribution is -2.23. The van der Waals surface area contributed by atoms with Crippen LogP contribution in [-0.4, -0.2) is 11.6 Å². The number of carbonyl (C=O) groups is 2. The van der Waals surface area contributed by atoms with Gasteiger partial charge in [-0.25, -0.2) is 0 Å². The number of nitrogens with one attached hydrogen (secondary N) is 1. The summed E-state index contributed by atoms with van der Waals surface area (Å²) in [6.07, 6.45) is 0. The first-order chi connectivity index (χ1) is 12.1. The summed E-state index contributed by atoms with van der Waals surface area (Å²) in [6.45, 7) is 1.99. The largest absolute Gasteiger partial charge is 0.398 e. The molecule has 4 heteroatoms. The summed E-state index contributed by atoms with van der Waals surface area (Å²) in [5.74, 6) is -0.400. The van der Waals surface area contributed by atoms with Crippen LogP contribution in [-0.2, 0) is 0 Å². The lowest BCUT2D eigenvalue weighted by molar-refractivity contribution is 0.0980. The highest BCUT2D eigenvalue weighted by molar-refractivity contribution is 6.31. The number of aryl methyl sites for hydroxylation is 1. The van der Waals surface area contributed by atoms with E-state index in [1.165, 1.54) is 0 Å². The summed E-state index contributed by atoms with van der Waals surface area (Å²) in [5.41, 5.74) is 10.3. The molecule has 4 rings (SSSR count). The number of hydrogen-bond acceptors (Lipinski definition) is 4. The molecule has 3 aromatic rings. The molecular formula is C21H16N2O2. The van der Waals surface area contributed by atoms with Crippen molar-refractivity contribution in [2.45, 2.75) is 6.92 Å². The first kappa shape index (κ1) is 15.1. The highest BCUT2D eigenvalue weighted by Crippen LogP contribution is 2.36. The SMILES string of the molecule is Cc1cccc(Nc2ccc(N)c3c2C(=O)c2ccccc2C3=O)c1. The Labute approximate surface area is 145 Å². The number of anilines is 3. The molecule has 0 saturated heterocycles. The summed E-state index contributed by atoms with van der Waals surface area (Å²) in [5, 5.41) is 3.25. The summed E-state index contributed by atoms with van der Waals surface area (Å²) in [7, 11) is 0. The van der Waals surface area contributed by atoms with Crippen LogP contribution in [0.25, 0.3) is 0 Å². The van der Waals surface area contributed by atoms with Crippen molar-refractivity contribution >= 4 is 28.6 Å². The summed E-state index contributed by atoms with van der Waals surface area (Å²) in [4.78, 5) is 25.9. The average Bonchev–Trinajstić information content (AvgIpc) is 2.61. The fourth-order valence-electron chi connectivity index (χ4n) is 3.23. The minimum atomic E-state index is -0.212. The molecule has 0 saturated carbocycles. The maximum absolute atomic E-state index is 13.0. The zero-order valence-corrected chi connectivity index (χ0v) is 13.7. The van der Waals surface area contributed by atoms with Gasteiger partial charge in [0.1, 0.15) is 0 Å². The third-order valence-corrected chi connectivity index (χ3v) is 4.41. The van der Waals surface area contributed by atoms with E-state index < -0.39 is 0 Å². The molecule has 0 fully saturated rings. The van der Waals surface area contributed by atoms with E-state index in [0.717, 1.165) is 11.3 Å². The van der Waals surface area contributed by atoms with Crippen LogP contribution in [0.2, 0.25) is 0 Å². The van der Waals surface area contributed by atoms with Crippen molar-refractivity contribution in [3.63, 3.8) is 0 Å². The molecule has 0 atom stereocenters. The molecule has 0 unspecified atom stereocenters. The molecule has 0 radical (unpaired) electrons. The molecule has 3 N–H and O–H groups in total. The number of nitrogens with two attached hydrogens (primary N) is 1. The molecule has 0 aromatic heterocycles. The molecule has 4 nitrogen and oxygen atoms in total. The monoisotopic (exact) mass is 328 g/mol. The second-order valence-electron chi connectivity index (χ2n) is 6.15. The van der Waals surface area contributed by atoms with Crippen LogP contribution in [0.1, 0.15) is 37.4 Å². The highest BCUT2D eigenvalue weighted by Gasteiger charge is 2.33.